The van der Waals surface area contributed by atoms with E-state index in [2.05, 4.69) is 17.2 Å². The number of hydrogen-bond donors (Lipinski definition) is 2. The first-order valence-electron chi connectivity index (χ1n) is 8.89. The van der Waals surface area contributed by atoms with Crippen LogP contribution in [0.1, 0.15) is 31.5 Å². The molecule has 0 saturated heterocycles. The first-order valence-corrected chi connectivity index (χ1v) is 8.89. The molecule has 0 spiro atoms. The van der Waals surface area contributed by atoms with Crippen molar-refractivity contribution in [3.05, 3.63) is 66.2 Å². The molecule has 3 rings (SSSR count). The van der Waals surface area contributed by atoms with Gasteiger partial charge in [-0.25, -0.2) is 4.98 Å². The molecule has 0 aliphatic heterocycles. The van der Waals surface area contributed by atoms with Crippen molar-refractivity contribution < 1.29 is 13.9 Å². The standard InChI is InChI=1S/C21H23N3O3/c1-3-18-20(15-7-5-4-6-8-15)27-21(24-18)14(2)23-16-9-11-17(12-10-16)26-13-19(22)25/h4-12,14,23H,3,13H2,1-2H3,(H2,22,25). The number of nitrogens with two attached hydrogens (primary N) is 1. The number of amides is 1. The summed E-state index contributed by atoms with van der Waals surface area (Å²) in [6, 6.07) is 17.2. The van der Waals surface area contributed by atoms with E-state index in [0.29, 0.717) is 11.6 Å². The van der Waals surface area contributed by atoms with Gasteiger partial charge in [0.1, 0.15) is 11.8 Å². The minimum atomic E-state index is -0.504. The lowest BCUT2D eigenvalue weighted by Crippen LogP contribution is -2.19. The maximum absolute atomic E-state index is 10.8. The molecule has 2 aromatic carbocycles. The number of ether oxygens (including phenoxy) is 1. The van der Waals surface area contributed by atoms with Gasteiger partial charge in [0.2, 0.25) is 5.89 Å². The summed E-state index contributed by atoms with van der Waals surface area (Å²) in [5, 5.41) is 3.36. The molecule has 1 heterocycles. The Kier molecular flexibility index (Phi) is 5.76. The van der Waals surface area contributed by atoms with E-state index < -0.39 is 5.91 Å². The molecule has 27 heavy (non-hydrogen) atoms. The summed E-state index contributed by atoms with van der Waals surface area (Å²) in [7, 11) is 0. The van der Waals surface area contributed by atoms with Gasteiger partial charge in [-0.15, -0.1) is 0 Å². The topological polar surface area (TPSA) is 90.4 Å². The average molecular weight is 365 g/mol. The van der Waals surface area contributed by atoms with Crippen LogP contribution >= 0.6 is 0 Å². The summed E-state index contributed by atoms with van der Waals surface area (Å²) >= 11 is 0. The third kappa shape index (κ3) is 4.67. The molecule has 6 heteroatoms. The Morgan fingerprint density at radius 2 is 1.89 bits per heavy atom. The number of anilines is 1. The lowest BCUT2D eigenvalue weighted by molar-refractivity contribution is -0.119. The number of primary amides is 1. The summed E-state index contributed by atoms with van der Waals surface area (Å²) in [6.07, 6.45) is 0.798. The summed E-state index contributed by atoms with van der Waals surface area (Å²) in [6.45, 7) is 3.93. The molecule has 1 unspecified atom stereocenters. The van der Waals surface area contributed by atoms with Gasteiger partial charge in [0.05, 0.1) is 5.69 Å². The highest BCUT2D eigenvalue weighted by Crippen LogP contribution is 2.29. The molecular formula is C21H23N3O3. The lowest BCUT2D eigenvalue weighted by atomic mass is 10.1. The lowest BCUT2D eigenvalue weighted by Gasteiger charge is -2.12. The minimum Gasteiger partial charge on any atom is -0.484 e. The normalized spacial score (nSPS) is 11.8. The molecule has 6 nitrogen and oxygen atoms in total. The number of benzene rings is 2. The van der Waals surface area contributed by atoms with Crippen molar-refractivity contribution >= 4 is 11.6 Å². The maximum Gasteiger partial charge on any atom is 0.255 e. The fourth-order valence-electron chi connectivity index (χ4n) is 2.72. The molecule has 3 N–H and O–H groups in total. The molecule has 0 radical (unpaired) electrons. The monoisotopic (exact) mass is 365 g/mol. The second-order valence-electron chi connectivity index (χ2n) is 6.19. The molecule has 1 aromatic heterocycles. The minimum absolute atomic E-state index is 0.106. The van der Waals surface area contributed by atoms with Crippen molar-refractivity contribution in [2.75, 3.05) is 11.9 Å². The molecule has 0 aliphatic rings. The predicted molar refractivity (Wildman–Crippen MR) is 104 cm³/mol. The van der Waals surface area contributed by atoms with Crippen molar-refractivity contribution in [3.8, 4) is 17.1 Å². The van der Waals surface area contributed by atoms with Crippen LogP contribution in [-0.2, 0) is 11.2 Å². The summed E-state index contributed by atoms with van der Waals surface area (Å²) in [5.74, 6) is 1.54. The van der Waals surface area contributed by atoms with Crippen molar-refractivity contribution in [1.82, 2.24) is 4.98 Å². The van der Waals surface area contributed by atoms with E-state index in [1.54, 1.807) is 12.1 Å². The zero-order valence-electron chi connectivity index (χ0n) is 15.4. The van der Waals surface area contributed by atoms with Crippen LogP contribution in [0.15, 0.2) is 59.0 Å². The number of oxazole rings is 1. The van der Waals surface area contributed by atoms with E-state index >= 15 is 0 Å². The first-order chi connectivity index (χ1) is 13.1. The highest BCUT2D eigenvalue weighted by Gasteiger charge is 2.18. The van der Waals surface area contributed by atoms with Crippen LogP contribution < -0.4 is 15.8 Å². The largest absolute Gasteiger partial charge is 0.484 e. The SMILES string of the molecule is CCc1nc(C(C)Nc2ccc(OCC(N)=O)cc2)oc1-c1ccccc1. The molecule has 0 bridgehead atoms. The Morgan fingerprint density at radius 3 is 2.52 bits per heavy atom. The van der Waals surface area contributed by atoms with Crippen LogP contribution in [-0.4, -0.2) is 17.5 Å². The number of rotatable bonds is 8. The highest BCUT2D eigenvalue weighted by atomic mass is 16.5. The number of nitrogens with zero attached hydrogens (tertiary/aromatic N) is 1. The number of hydrogen-bond acceptors (Lipinski definition) is 5. The Bertz CT molecular complexity index is 889. The summed E-state index contributed by atoms with van der Waals surface area (Å²) in [5.41, 5.74) is 7.94. The predicted octanol–water partition coefficient (Wildman–Crippen LogP) is 3.94. The number of aryl methyl sites for hydroxylation is 1. The molecule has 1 amide bonds. The number of carbonyl (C=O) groups excluding carboxylic acids is 1. The first kappa shape index (κ1) is 18.5. The zero-order valence-corrected chi connectivity index (χ0v) is 15.4. The molecule has 0 fully saturated rings. The number of aromatic nitrogens is 1. The molecule has 0 aliphatic carbocycles. The summed E-state index contributed by atoms with van der Waals surface area (Å²) in [4.78, 5) is 15.4. The third-order valence-electron chi connectivity index (χ3n) is 4.07. The van der Waals surface area contributed by atoms with Gasteiger partial charge >= 0.3 is 0 Å². The van der Waals surface area contributed by atoms with Crippen LogP contribution in [0.5, 0.6) is 5.75 Å². The van der Waals surface area contributed by atoms with E-state index in [1.807, 2.05) is 49.4 Å². The Morgan fingerprint density at radius 1 is 1.19 bits per heavy atom. The fourth-order valence-corrected chi connectivity index (χ4v) is 2.72. The number of nitrogens with one attached hydrogen (secondary N) is 1. The van der Waals surface area contributed by atoms with E-state index in [-0.39, 0.29) is 12.6 Å². The third-order valence-corrected chi connectivity index (χ3v) is 4.07. The maximum atomic E-state index is 10.8. The quantitative estimate of drug-likeness (QED) is 0.631. The van der Waals surface area contributed by atoms with Crippen LogP contribution in [0.4, 0.5) is 5.69 Å². The Hall–Kier alpha value is -3.28. The smallest absolute Gasteiger partial charge is 0.255 e. The molecular weight excluding hydrogens is 342 g/mol. The van der Waals surface area contributed by atoms with E-state index in [9.17, 15) is 4.79 Å². The van der Waals surface area contributed by atoms with Gasteiger partial charge < -0.3 is 20.2 Å². The van der Waals surface area contributed by atoms with E-state index in [1.165, 1.54) is 0 Å². The van der Waals surface area contributed by atoms with Crippen molar-refractivity contribution in [1.29, 1.82) is 0 Å². The fraction of sp³-hybridized carbons (Fsp3) is 0.238. The van der Waals surface area contributed by atoms with Crippen molar-refractivity contribution in [2.24, 2.45) is 5.73 Å². The van der Waals surface area contributed by atoms with Crippen molar-refractivity contribution in [2.45, 2.75) is 26.3 Å². The highest BCUT2D eigenvalue weighted by molar-refractivity contribution is 5.75. The second kappa shape index (κ2) is 8.40. The second-order valence-corrected chi connectivity index (χ2v) is 6.19. The van der Waals surface area contributed by atoms with E-state index in [4.69, 9.17) is 14.9 Å². The zero-order chi connectivity index (χ0) is 19.2. The van der Waals surface area contributed by atoms with Gasteiger partial charge in [-0.2, -0.15) is 0 Å². The van der Waals surface area contributed by atoms with Gasteiger partial charge in [0.15, 0.2) is 12.4 Å². The Labute approximate surface area is 158 Å². The van der Waals surface area contributed by atoms with Crippen LogP contribution in [0.25, 0.3) is 11.3 Å². The van der Waals surface area contributed by atoms with Gasteiger partial charge in [-0.3, -0.25) is 4.79 Å². The van der Waals surface area contributed by atoms with Crippen molar-refractivity contribution in [3.63, 3.8) is 0 Å². The Balaban J connectivity index is 1.72. The van der Waals surface area contributed by atoms with Crippen LogP contribution in [0.2, 0.25) is 0 Å². The van der Waals surface area contributed by atoms with Gasteiger partial charge in [-0.05, 0) is 37.6 Å². The molecule has 1 atom stereocenters. The number of carbonyl (C=O) groups is 1. The molecule has 140 valence electrons. The van der Waals surface area contributed by atoms with Crippen LogP contribution in [0.3, 0.4) is 0 Å². The molecule has 3 aromatic rings. The molecule has 0 saturated carbocycles. The van der Waals surface area contributed by atoms with Gasteiger partial charge in [0, 0.05) is 11.3 Å². The van der Waals surface area contributed by atoms with E-state index in [0.717, 1.165) is 29.1 Å². The van der Waals surface area contributed by atoms with Gasteiger partial charge in [-0.1, -0.05) is 37.3 Å². The van der Waals surface area contributed by atoms with Crippen LogP contribution in [0, 0.1) is 0 Å². The summed E-state index contributed by atoms with van der Waals surface area (Å²) < 4.78 is 11.3. The van der Waals surface area contributed by atoms with Gasteiger partial charge in [0.25, 0.3) is 5.91 Å². The average Bonchev–Trinajstić information content (AvgIpc) is 3.13.